The van der Waals surface area contributed by atoms with Gasteiger partial charge in [-0.3, -0.25) is 9.52 Å². The van der Waals surface area contributed by atoms with Crippen LogP contribution in [0.3, 0.4) is 0 Å². The standard InChI is InChI=1S/C24H26N4O3S/c1-15(2)28-12-10-18(14-22(28)29)32-27-24(30)26-23-19-6-4-5-16(19)7-8-20(23)17-9-11-25-21(13-17)31-3/h7-15H,4-6H2,1-3H3,(H2,26,27,30). The van der Waals surface area contributed by atoms with Crippen molar-refractivity contribution < 1.29 is 9.53 Å². The van der Waals surface area contributed by atoms with Crippen LogP contribution in [-0.2, 0) is 12.8 Å². The van der Waals surface area contributed by atoms with E-state index >= 15 is 0 Å². The highest BCUT2D eigenvalue weighted by Gasteiger charge is 2.21. The molecule has 0 unspecified atom stereocenters. The summed E-state index contributed by atoms with van der Waals surface area (Å²) in [6, 6.07) is 11.0. The van der Waals surface area contributed by atoms with Crippen molar-refractivity contribution in [2.24, 2.45) is 0 Å². The molecule has 2 N–H and O–H groups in total. The number of fused-ring (bicyclic) bond motifs is 1. The molecule has 2 heterocycles. The lowest BCUT2D eigenvalue weighted by Crippen LogP contribution is -2.25. The maximum atomic E-state index is 12.8. The summed E-state index contributed by atoms with van der Waals surface area (Å²) in [5.74, 6) is 0.519. The quantitative estimate of drug-likeness (QED) is 0.526. The molecule has 2 amide bonds. The molecule has 3 aromatic rings. The molecule has 1 aliphatic carbocycles. The van der Waals surface area contributed by atoms with Crippen LogP contribution < -0.4 is 20.3 Å². The third kappa shape index (κ3) is 4.65. The minimum Gasteiger partial charge on any atom is -0.481 e. The number of carbonyl (C=O) groups is 1. The third-order valence-corrected chi connectivity index (χ3v) is 6.29. The Kier molecular flexibility index (Phi) is 6.50. The Bertz CT molecular complexity index is 1210. The Hall–Kier alpha value is -3.26. The van der Waals surface area contributed by atoms with Crippen LogP contribution >= 0.6 is 11.9 Å². The van der Waals surface area contributed by atoms with Crippen LogP contribution in [0.1, 0.15) is 37.4 Å². The van der Waals surface area contributed by atoms with Gasteiger partial charge in [-0.2, -0.15) is 0 Å². The van der Waals surface area contributed by atoms with Gasteiger partial charge in [0.1, 0.15) is 0 Å². The highest BCUT2D eigenvalue weighted by molar-refractivity contribution is 7.98. The number of nitrogens with zero attached hydrogens (tertiary/aromatic N) is 2. The van der Waals surface area contributed by atoms with Crippen molar-refractivity contribution >= 4 is 23.7 Å². The van der Waals surface area contributed by atoms with E-state index in [0.717, 1.165) is 53.6 Å². The predicted molar refractivity (Wildman–Crippen MR) is 127 cm³/mol. The highest BCUT2D eigenvalue weighted by Crippen LogP contribution is 2.38. The smallest absolute Gasteiger partial charge is 0.329 e. The summed E-state index contributed by atoms with van der Waals surface area (Å²) in [6.07, 6.45) is 6.43. The monoisotopic (exact) mass is 450 g/mol. The Balaban J connectivity index is 1.56. The van der Waals surface area contributed by atoms with Gasteiger partial charge in [0.2, 0.25) is 5.88 Å². The van der Waals surface area contributed by atoms with E-state index in [-0.39, 0.29) is 17.6 Å². The minimum atomic E-state index is -0.342. The van der Waals surface area contributed by atoms with Gasteiger partial charge in [0, 0.05) is 41.0 Å². The number of anilines is 1. The molecule has 166 valence electrons. The van der Waals surface area contributed by atoms with E-state index in [1.807, 2.05) is 38.1 Å². The molecule has 7 nitrogen and oxygen atoms in total. The zero-order chi connectivity index (χ0) is 22.7. The normalized spacial score (nSPS) is 12.5. The van der Waals surface area contributed by atoms with Crippen LogP contribution in [0.2, 0.25) is 0 Å². The number of carbonyl (C=O) groups excluding carboxylic acids is 1. The molecule has 0 atom stereocenters. The number of aromatic nitrogens is 2. The molecule has 0 spiro atoms. The fourth-order valence-corrected chi connectivity index (χ4v) is 4.49. The molecule has 8 heteroatoms. The van der Waals surface area contributed by atoms with E-state index < -0.39 is 0 Å². The fourth-order valence-electron chi connectivity index (χ4n) is 3.94. The van der Waals surface area contributed by atoms with Gasteiger partial charge in [0.05, 0.1) is 12.8 Å². The van der Waals surface area contributed by atoms with Crippen molar-refractivity contribution in [2.75, 3.05) is 12.4 Å². The van der Waals surface area contributed by atoms with Gasteiger partial charge in [0.25, 0.3) is 5.56 Å². The second-order valence-corrected chi connectivity index (χ2v) is 8.81. The molecule has 0 fully saturated rings. The van der Waals surface area contributed by atoms with Crippen LogP contribution in [0.15, 0.2) is 58.5 Å². The van der Waals surface area contributed by atoms with E-state index in [4.69, 9.17) is 4.74 Å². The number of amides is 2. The van der Waals surface area contributed by atoms with Crippen LogP contribution in [0.5, 0.6) is 5.88 Å². The van der Waals surface area contributed by atoms with Crippen LogP contribution in [0, 0.1) is 0 Å². The van der Waals surface area contributed by atoms with Crippen LogP contribution in [0.25, 0.3) is 11.1 Å². The van der Waals surface area contributed by atoms with Crippen molar-refractivity contribution in [3.63, 3.8) is 0 Å². The van der Waals surface area contributed by atoms with E-state index in [2.05, 4.69) is 21.1 Å². The number of nitrogens with one attached hydrogen (secondary N) is 2. The lowest BCUT2D eigenvalue weighted by molar-refractivity contribution is 0.257. The maximum Gasteiger partial charge on any atom is 0.329 e. The second-order valence-electron chi connectivity index (χ2n) is 7.93. The van der Waals surface area contributed by atoms with E-state index in [0.29, 0.717) is 10.8 Å². The molecule has 0 saturated carbocycles. The Morgan fingerprint density at radius 2 is 2.03 bits per heavy atom. The van der Waals surface area contributed by atoms with E-state index in [9.17, 15) is 9.59 Å². The average Bonchev–Trinajstić information content (AvgIpc) is 3.27. The summed E-state index contributed by atoms with van der Waals surface area (Å²) >= 11 is 1.12. The number of pyridine rings is 2. The summed E-state index contributed by atoms with van der Waals surface area (Å²) in [5, 5.41) is 3.05. The number of ether oxygens (including phenoxy) is 1. The first-order valence-electron chi connectivity index (χ1n) is 10.6. The Labute approximate surface area is 191 Å². The van der Waals surface area contributed by atoms with Gasteiger partial charge >= 0.3 is 6.03 Å². The SMILES string of the molecule is COc1cc(-c2ccc3c(c2NC(=O)NSc2ccn(C(C)C)c(=O)c2)CCC3)ccn1. The summed E-state index contributed by atoms with van der Waals surface area (Å²) < 4.78 is 9.71. The molecule has 0 radical (unpaired) electrons. The van der Waals surface area contributed by atoms with Crippen molar-refractivity contribution in [1.29, 1.82) is 0 Å². The van der Waals surface area contributed by atoms with Crippen LogP contribution in [-0.4, -0.2) is 22.7 Å². The number of rotatable bonds is 6. The third-order valence-electron chi connectivity index (χ3n) is 5.51. The molecular weight excluding hydrogens is 424 g/mol. The van der Waals surface area contributed by atoms with E-state index in [1.54, 1.807) is 24.1 Å². The maximum absolute atomic E-state index is 12.8. The topological polar surface area (TPSA) is 85.2 Å². The molecule has 0 bridgehead atoms. The summed E-state index contributed by atoms with van der Waals surface area (Å²) in [4.78, 5) is 29.9. The molecule has 0 saturated heterocycles. The first-order valence-corrected chi connectivity index (χ1v) is 11.4. The molecule has 1 aromatic carbocycles. The largest absolute Gasteiger partial charge is 0.481 e. The molecule has 0 aliphatic heterocycles. The molecule has 2 aromatic heterocycles. The zero-order valence-corrected chi connectivity index (χ0v) is 19.2. The number of benzene rings is 1. The molecular formula is C24H26N4O3S. The molecule has 32 heavy (non-hydrogen) atoms. The molecule has 1 aliphatic rings. The summed E-state index contributed by atoms with van der Waals surface area (Å²) in [6.45, 7) is 3.91. The lowest BCUT2D eigenvalue weighted by Gasteiger charge is -2.17. The number of hydrogen-bond donors (Lipinski definition) is 2. The minimum absolute atomic E-state index is 0.0863. The van der Waals surface area contributed by atoms with Gasteiger partial charge in [-0.25, -0.2) is 9.78 Å². The van der Waals surface area contributed by atoms with Gasteiger partial charge in [-0.05, 0) is 73.9 Å². The van der Waals surface area contributed by atoms with Crippen LogP contribution in [0.4, 0.5) is 10.5 Å². The highest BCUT2D eigenvalue weighted by atomic mass is 32.2. The van der Waals surface area contributed by atoms with Gasteiger partial charge in [-0.15, -0.1) is 0 Å². The Morgan fingerprint density at radius 1 is 1.19 bits per heavy atom. The van der Waals surface area contributed by atoms with Crippen molar-refractivity contribution in [1.82, 2.24) is 14.3 Å². The lowest BCUT2D eigenvalue weighted by atomic mass is 9.98. The second kappa shape index (κ2) is 9.48. The average molecular weight is 451 g/mol. The number of urea groups is 1. The number of methoxy groups -OCH3 is 1. The van der Waals surface area contributed by atoms with Crippen molar-refractivity contribution in [2.45, 2.75) is 44.0 Å². The number of aryl methyl sites for hydroxylation is 1. The zero-order valence-electron chi connectivity index (χ0n) is 18.3. The number of hydrogen-bond acceptors (Lipinski definition) is 5. The van der Waals surface area contributed by atoms with Gasteiger partial charge in [-0.1, -0.05) is 12.1 Å². The first-order chi connectivity index (χ1) is 15.5. The van der Waals surface area contributed by atoms with Crippen molar-refractivity contribution in [3.05, 3.63) is 70.3 Å². The summed E-state index contributed by atoms with van der Waals surface area (Å²) in [7, 11) is 1.58. The Morgan fingerprint density at radius 3 is 2.78 bits per heavy atom. The van der Waals surface area contributed by atoms with E-state index in [1.165, 1.54) is 11.6 Å². The van der Waals surface area contributed by atoms with Gasteiger partial charge < -0.3 is 14.6 Å². The fraction of sp³-hybridized carbons (Fsp3) is 0.292. The molecule has 4 rings (SSSR count). The van der Waals surface area contributed by atoms with Crippen molar-refractivity contribution in [3.8, 4) is 17.0 Å². The summed E-state index contributed by atoms with van der Waals surface area (Å²) in [5.41, 5.74) is 4.98. The first kappa shape index (κ1) is 22.0. The van der Waals surface area contributed by atoms with Gasteiger partial charge in [0.15, 0.2) is 0 Å². The predicted octanol–water partition coefficient (Wildman–Crippen LogP) is 4.82.